The number of nitrogens with one attached hydrogen (secondary N) is 1. The lowest BCUT2D eigenvalue weighted by Gasteiger charge is -2.24. The van der Waals surface area contributed by atoms with Gasteiger partial charge in [-0.1, -0.05) is 34.1 Å². The molecule has 1 aromatic rings. The van der Waals surface area contributed by atoms with Crippen molar-refractivity contribution in [1.82, 2.24) is 10.3 Å². The summed E-state index contributed by atoms with van der Waals surface area (Å²) in [4.78, 5) is 4.77. The van der Waals surface area contributed by atoms with E-state index in [2.05, 4.69) is 38.4 Å². The van der Waals surface area contributed by atoms with Crippen LogP contribution in [0.15, 0.2) is 5.38 Å². The molecule has 0 saturated carbocycles. The van der Waals surface area contributed by atoms with Gasteiger partial charge in [0, 0.05) is 30.4 Å². The first-order valence-electron chi connectivity index (χ1n) is 7.07. The van der Waals surface area contributed by atoms with Gasteiger partial charge in [-0.25, -0.2) is 4.98 Å². The van der Waals surface area contributed by atoms with E-state index >= 15 is 0 Å². The minimum atomic E-state index is 0.133. The van der Waals surface area contributed by atoms with Crippen LogP contribution in [0.1, 0.15) is 51.2 Å². The summed E-state index contributed by atoms with van der Waals surface area (Å²) in [5, 5.41) is 6.76. The Bertz CT molecular complexity index is 370. The zero-order chi connectivity index (χ0) is 14.5. The van der Waals surface area contributed by atoms with Crippen molar-refractivity contribution in [3.63, 3.8) is 0 Å². The van der Waals surface area contributed by atoms with Gasteiger partial charge in [0.05, 0.1) is 16.8 Å². The number of hydrogen-bond donors (Lipinski definition) is 1. The topological polar surface area (TPSA) is 34.1 Å². The highest BCUT2D eigenvalue weighted by atomic mass is 32.1. The fraction of sp³-hybridized carbons (Fsp3) is 0.800. The lowest BCUT2D eigenvalue weighted by Crippen LogP contribution is -2.40. The molecule has 2 unspecified atom stereocenters. The van der Waals surface area contributed by atoms with Crippen LogP contribution in [0.3, 0.4) is 0 Å². The Morgan fingerprint density at radius 3 is 2.53 bits per heavy atom. The smallest absolute Gasteiger partial charge is 0.0945 e. The van der Waals surface area contributed by atoms with Crippen molar-refractivity contribution in [2.45, 2.75) is 64.5 Å². The molecule has 1 heterocycles. The monoisotopic (exact) mass is 284 g/mol. The summed E-state index contributed by atoms with van der Waals surface area (Å²) in [7, 11) is 3.80. The summed E-state index contributed by atoms with van der Waals surface area (Å²) in [5.41, 5.74) is 1.32. The molecule has 0 aliphatic heterocycles. The molecule has 1 aromatic heterocycles. The van der Waals surface area contributed by atoms with Crippen LogP contribution >= 0.6 is 11.3 Å². The van der Waals surface area contributed by atoms with Gasteiger partial charge in [-0.2, -0.15) is 0 Å². The van der Waals surface area contributed by atoms with Crippen LogP contribution in [0.25, 0.3) is 0 Å². The van der Waals surface area contributed by atoms with Gasteiger partial charge in [-0.05, 0) is 13.5 Å². The van der Waals surface area contributed by atoms with Crippen LogP contribution < -0.4 is 5.32 Å². The molecule has 0 aliphatic rings. The van der Waals surface area contributed by atoms with E-state index in [1.165, 1.54) is 10.7 Å². The number of likely N-dealkylation sites (N-methyl/N-ethyl adjacent to an activating group) is 1. The predicted molar refractivity (Wildman–Crippen MR) is 83.1 cm³/mol. The van der Waals surface area contributed by atoms with Crippen molar-refractivity contribution in [3.05, 3.63) is 16.1 Å². The van der Waals surface area contributed by atoms with E-state index in [4.69, 9.17) is 9.72 Å². The Hall–Kier alpha value is -0.450. The quantitative estimate of drug-likeness (QED) is 0.833. The number of methoxy groups -OCH3 is 1. The van der Waals surface area contributed by atoms with Gasteiger partial charge in [0.25, 0.3) is 0 Å². The molecule has 0 saturated heterocycles. The van der Waals surface area contributed by atoms with E-state index in [0.717, 1.165) is 19.3 Å². The lowest BCUT2D eigenvalue weighted by atomic mass is 9.93. The van der Waals surface area contributed by atoms with Crippen LogP contribution in [-0.4, -0.2) is 31.3 Å². The Kier molecular flexibility index (Phi) is 6.43. The van der Waals surface area contributed by atoms with E-state index in [0.29, 0.717) is 6.04 Å². The highest BCUT2D eigenvalue weighted by molar-refractivity contribution is 7.09. The van der Waals surface area contributed by atoms with E-state index in [-0.39, 0.29) is 11.5 Å². The fourth-order valence-electron chi connectivity index (χ4n) is 2.12. The van der Waals surface area contributed by atoms with Crippen LogP contribution in [0.2, 0.25) is 0 Å². The van der Waals surface area contributed by atoms with Gasteiger partial charge in [0.15, 0.2) is 0 Å². The maximum absolute atomic E-state index is 5.60. The molecular formula is C15H28N2OS. The number of rotatable bonds is 7. The van der Waals surface area contributed by atoms with Gasteiger partial charge < -0.3 is 10.1 Å². The third-order valence-corrected chi connectivity index (χ3v) is 4.28. The molecule has 0 aliphatic carbocycles. The Labute approximate surface area is 121 Å². The molecule has 1 N–H and O–H groups in total. The molecule has 110 valence electrons. The molecule has 2 atom stereocenters. The van der Waals surface area contributed by atoms with Crippen molar-refractivity contribution >= 4 is 11.3 Å². The summed E-state index contributed by atoms with van der Waals surface area (Å²) in [5.74, 6) is 0. The van der Waals surface area contributed by atoms with Crippen LogP contribution in [0, 0.1) is 0 Å². The summed E-state index contributed by atoms with van der Waals surface area (Å²) in [6, 6.07) is 0.337. The Morgan fingerprint density at radius 2 is 2.11 bits per heavy atom. The number of hydrogen-bond acceptors (Lipinski definition) is 4. The van der Waals surface area contributed by atoms with Gasteiger partial charge in [0.2, 0.25) is 0 Å². The molecule has 19 heavy (non-hydrogen) atoms. The first-order chi connectivity index (χ1) is 8.92. The van der Waals surface area contributed by atoms with Gasteiger partial charge >= 0.3 is 0 Å². The normalized spacial score (nSPS) is 15.5. The number of thiazole rings is 1. The average Bonchev–Trinajstić information content (AvgIpc) is 2.82. The number of ether oxygens (including phenoxy) is 1. The minimum absolute atomic E-state index is 0.133. The summed E-state index contributed by atoms with van der Waals surface area (Å²) >= 11 is 1.76. The summed E-state index contributed by atoms with van der Waals surface area (Å²) < 4.78 is 5.60. The molecule has 3 nitrogen and oxygen atoms in total. The molecule has 0 spiro atoms. The van der Waals surface area contributed by atoms with Crippen molar-refractivity contribution in [3.8, 4) is 0 Å². The second-order valence-electron chi connectivity index (χ2n) is 6.04. The molecule has 0 fully saturated rings. The Balaban J connectivity index is 2.73. The maximum Gasteiger partial charge on any atom is 0.0945 e. The predicted octanol–water partition coefficient (Wildman–Crippen LogP) is 3.39. The summed E-state index contributed by atoms with van der Waals surface area (Å²) in [6.07, 6.45) is 3.42. The first-order valence-corrected chi connectivity index (χ1v) is 7.95. The zero-order valence-corrected chi connectivity index (χ0v) is 13.9. The highest BCUT2D eigenvalue weighted by Gasteiger charge is 2.22. The number of aromatic nitrogens is 1. The average molecular weight is 284 g/mol. The third kappa shape index (κ3) is 4.86. The van der Waals surface area contributed by atoms with Crippen molar-refractivity contribution < 1.29 is 4.74 Å². The van der Waals surface area contributed by atoms with Crippen LogP contribution in [-0.2, 0) is 16.6 Å². The summed E-state index contributed by atoms with van der Waals surface area (Å²) in [6.45, 7) is 8.81. The third-order valence-electron chi connectivity index (χ3n) is 3.41. The minimum Gasteiger partial charge on any atom is -0.380 e. The van der Waals surface area contributed by atoms with Gasteiger partial charge in [-0.15, -0.1) is 11.3 Å². The molecule has 0 amide bonds. The second-order valence-corrected chi connectivity index (χ2v) is 6.98. The fourth-order valence-corrected chi connectivity index (χ4v) is 3.21. The van der Waals surface area contributed by atoms with E-state index < -0.39 is 0 Å². The largest absolute Gasteiger partial charge is 0.380 e. The number of nitrogens with zero attached hydrogens (tertiary/aromatic N) is 1. The van der Waals surface area contributed by atoms with Gasteiger partial charge in [-0.3, -0.25) is 0 Å². The SMILES string of the molecule is CCCC(OC)C(Cc1nc(C(C)(C)C)cs1)NC. The van der Waals surface area contributed by atoms with Crippen molar-refractivity contribution in [1.29, 1.82) is 0 Å². The first kappa shape index (κ1) is 16.6. The Morgan fingerprint density at radius 1 is 1.42 bits per heavy atom. The van der Waals surface area contributed by atoms with Crippen LogP contribution in [0.5, 0.6) is 0 Å². The highest BCUT2D eigenvalue weighted by Crippen LogP contribution is 2.25. The van der Waals surface area contributed by atoms with Crippen molar-refractivity contribution in [2.24, 2.45) is 0 Å². The van der Waals surface area contributed by atoms with E-state index in [1.807, 2.05) is 7.05 Å². The maximum atomic E-state index is 5.60. The molecule has 1 rings (SSSR count). The second kappa shape index (κ2) is 7.36. The van der Waals surface area contributed by atoms with E-state index in [1.54, 1.807) is 18.4 Å². The lowest BCUT2D eigenvalue weighted by molar-refractivity contribution is 0.0633. The van der Waals surface area contributed by atoms with Crippen LogP contribution in [0.4, 0.5) is 0 Å². The zero-order valence-electron chi connectivity index (χ0n) is 13.1. The van der Waals surface area contributed by atoms with E-state index in [9.17, 15) is 0 Å². The van der Waals surface area contributed by atoms with Gasteiger partial charge in [0.1, 0.15) is 0 Å². The van der Waals surface area contributed by atoms with Crippen molar-refractivity contribution in [2.75, 3.05) is 14.2 Å². The molecule has 4 heteroatoms. The molecular weight excluding hydrogens is 256 g/mol. The standard InChI is InChI=1S/C15H28N2OS/c1-7-8-12(18-6)11(16-5)9-14-17-13(10-19-14)15(2,3)4/h10-12,16H,7-9H2,1-6H3. The molecule has 0 aromatic carbocycles. The molecule has 0 bridgehead atoms. The molecule has 0 radical (unpaired) electrons.